The molecule has 3 heteroatoms. The topological polar surface area (TPSA) is 18.5 Å². The van der Waals surface area contributed by atoms with Crippen LogP contribution in [0.5, 0.6) is 0 Å². The molecule has 0 saturated heterocycles. The molecule has 2 nitrogen and oxygen atoms in total. The van der Waals surface area contributed by atoms with Crippen molar-refractivity contribution in [2.24, 2.45) is 0 Å². The maximum absolute atomic E-state index is 5.64. The van der Waals surface area contributed by atoms with E-state index >= 15 is 0 Å². The molecule has 2 aliphatic carbocycles. The van der Waals surface area contributed by atoms with Gasteiger partial charge in [0.2, 0.25) is 0 Å². The van der Waals surface area contributed by atoms with Gasteiger partial charge < -0.3 is 9.47 Å². The molecule has 0 aliphatic heterocycles. The van der Waals surface area contributed by atoms with Crippen molar-refractivity contribution in [1.82, 2.24) is 0 Å². The van der Waals surface area contributed by atoms with Crippen molar-refractivity contribution < 1.29 is 9.47 Å². The van der Waals surface area contributed by atoms with Crippen LogP contribution in [-0.2, 0) is 9.47 Å². The van der Waals surface area contributed by atoms with Crippen LogP contribution in [0.15, 0.2) is 24.3 Å². The monoisotopic (exact) mass is 348 g/mol. The zero-order valence-corrected chi connectivity index (χ0v) is 16.3. The maximum atomic E-state index is 5.64. The first-order chi connectivity index (χ1) is 11.8. The van der Waals surface area contributed by atoms with Gasteiger partial charge in [0.15, 0.2) is 6.29 Å². The molecule has 0 unspecified atom stereocenters. The smallest absolute Gasteiger partial charge is 0.183 e. The molecule has 3 rings (SSSR count). The Labute approximate surface area is 149 Å². The summed E-state index contributed by atoms with van der Waals surface area (Å²) >= 11 is 0. The average molecular weight is 348 g/mol. The Morgan fingerprint density at radius 2 is 1.29 bits per heavy atom. The van der Waals surface area contributed by atoms with E-state index in [1.165, 1.54) is 69.8 Å². The minimum absolute atomic E-state index is 0.117. The summed E-state index contributed by atoms with van der Waals surface area (Å²) < 4.78 is 11.3. The summed E-state index contributed by atoms with van der Waals surface area (Å²) in [6, 6.07) is 8.98. The summed E-state index contributed by atoms with van der Waals surface area (Å²) in [6.45, 7) is 0. The number of ether oxygens (including phenoxy) is 2. The van der Waals surface area contributed by atoms with Gasteiger partial charge in [-0.05, 0) is 42.3 Å². The van der Waals surface area contributed by atoms with Crippen molar-refractivity contribution in [3.63, 3.8) is 0 Å². The fraction of sp³-hybridized carbons (Fsp3) is 0.714. The summed E-state index contributed by atoms with van der Waals surface area (Å²) in [5, 5.41) is 1.57. The summed E-state index contributed by atoms with van der Waals surface area (Å²) in [5.74, 6) is 0. The highest BCUT2D eigenvalue weighted by molar-refractivity contribution is 7.67. The largest absolute Gasteiger partial charge is 0.352 e. The fourth-order valence-corrected chi connectivity index (χ4v) is 8.64. The van der Waals surface area contributed by atoms with Crippen LogP contribution < -0.4 is 5.30 Å². The van der Waals surface area contributed by atoms with Gasteiger partial charge in [0.25, 0.3) is 0 Å². The molecule has 0 N–H and O–H groups in total. The van der Waals surface area contributed by atoms with Crippen LogP contribution in [0.3, 0.4) is 0 Å². The molecule has 0 amide bonds. The number of hydrogen-bond donors (Lipinski definition) is 0. The van der Waals surface area contributed by atoms with E-state index in [9.17, 15) is 0 Å². The minimum atomic E-state index is -0.224. The van der Waals surface area contributed by atoms with Crippen molar-refractivity contribution in [1.29, 1.82) is 0 Å². The first-order valence-corrected chi connectivity index (χ1v) is 11.3. The highest BCUT2D eigenvalue weighted by Gasteiger charge is 2.34. The second-order valence-corrected chi connectivity index (χ2v) is 10.1. The number of methoxy groups -OCH3 is 2. The van der Waals surface area contributed by atoms with E-state index in [0.717, 1.165) is 11.3 Å². The van der Waals surface area contributed by atoms with E-state index < -0.39 is 0 Å². The summed E-state index contributed by atoms with van der Waals surface area (Å²) in [6.07, 6.45) is 14.1. The third-order valence-electron chi connectivity index (χ3n) is 5.83. The lowest BCUT2D eigenvalue weighted by Crippen LogP contribution is -2.29. The predicted octanol–water partition coefficient (Wildman–Crippen LogP) is 5.75. The van der Waals surface area contributed by atoms with E-state index in [4.69, 9.17) is 9.47 Å². The molecule has 0 heterocycles. The molecule has 24 heavy (non-hydrogen) atoms. The van der Waals surface area contributed by atoms with Crippen molar-refractivity contribution in [3.05, 3.63) is 29.8 Å². The van der Waals surface area contributed by atoms with Gasteiger partial charge in [-0.1, -0.05) is 70.7 Å². The third-order valence-corrected chi connectivity index (χ3v) is 9.40. The second-order valence-electron chi connectivity index (χ2n) is 7.35. The molecule has 0 spiro atoms. The van der Waals surface area contributed by atoms with Gasteiger partial charge in [-0.3, -0.25) is 0 Å². The molecule has 134 valence electrons. The lowest BCUT2D eigenvalue weighted by atomic mass is 9.99. The molecule has 2 saturated carbocycles. The van der Waals surface area contributed by atoms with Crippen LogP contribution in [0.4, 0.5) is 0 Å². The molecule has 1 aromatic carbocycles. The number of benzene rings is 1. The van der Waals surface area contributed by atoms with Gasteiger partial charge in [0, 0.05) is 19.8 Å². The molecule has 0 aromatic heterocycles. The van der Waals surface area contributed by atoms with Crippen molar-refractivity contribution in [2.45, 2.75) is 81.8 Å². The highest BCUT2D eigenvalue weighted by atomic mass is 31.1. The Morgan fingerprint density at radius 1 is 0.792 bits per heavy atom. The van der Waals surface area contributed by atoms with Crippen LogP contribution in [0.2, 0.25) is 0 Å². The van der Waals surface area contributed by atoms with E-state index in [1.807, 2.05) is 0 Å². The van der Waals surface area contributed by atoms with E-state index in [1.54, 1.807) is 19.5 Å². The Bertz CT molecular complexity index is 470. The van der Waals surface area contributed by atoms with Gasteiger partial charge >= 0.3 is 0 Å². The van der Waals surface area contributed by atoms with Gasteiger partial charge in [0.1, 0.15) is 0 Å². The van der Waals surface area contributed by atoms with Gasteiger partial charge in [0.05, 0.1) is 0 Å². The second kappa shape index (κ2) is 9.32. The van der Waals surface area contributed by atoms with Crippen LogP contribution in [0.1, 0.15) is 76.1 Å². The molecular formula is C21H33O2P. The van der Waals surface area contributed by atoms with Crippen LogP contribution >= 0.6 is 7.92 Å². The standard InChI is InChI=1S/C21H33O2P/c1-22-21(23-2)19-15-9-10-16-20(19)24(17-11-5-3-6-12-17)18-13-7-4-8-14-18/h9-10,15-18,21H,3-8,11-14H2,1-2H3. The van der Waals surface area contributed by atoms with E-state index in [0.29, 0.717) is 0 Å². The predicted molar refractivity (Wildman–Crippen MR) is 104 cm³/mol. The lowest BCUT2D eigenvalue weighted by Gasteiger charge is -2.40. The van der Waals surface area contributed by atoms with Gasteiger partial charge in [-0.2, -0.15) is 0 Å². The molecule has 2 aliphatic rings. The third kappa shape index (κ3) is 4.21. The maximum Gasteiger partial charge on any atom is 0.183 e. The normalized spacial score (nSPS) is 20.8. The number of hydrogen-bond acceptors (Lipinski definition) is 2. The summed E-state index contributed by atoms with van der Waals surface area (Å²) in [7, 11) is 3.40. The Kier molecular flexibility index (Phi) is 7.13. The van der Waals surface area contributed by atoms with Gasteiger partial charge in [-0.25, -0.2) is 0 Å². The van der Waals surface area contributed by atoms with E-state index in [-0.39, 0.29) is 14.2 Å². The molecule has 0 bridgehead atoms. The molecule has 0 radical (unpaired) electrons. The Morgan fingerprint density at radius 3 is 1.79 bits per heavy atom. The Hall–Kier alpha value is -0.430. The fourth-order valence-electron chi connectivity index (χ4n) is 4.68. The van der Waals surface area contributed by atoms with Crippen LogP contribution in [0, 0.1) is 0 Å². The zero-order chi connectivity index (χ0) is 16.8. The summed E-state index contributed by atoms with van der Waals surface area (Å²) in [5.41, 5.74) is 3.10. The Balaban J connectivity index is 1.95. The van der Waals surface area contributed by atoms with E-state index in [2.05, 4.69) is 24.3 Å². The first-order valence-electron chi connectivity index (χ1n) is 9.78. The van der Waals surface area contributed by atoms with Crippen LogP contribution in [0.25, 0.3) is 0 Å². The van der Waals surface area contributed by atoms with Crippen molar-refractivity contribution >= 4 is 13.2 Å². The highest BCUT2D eigenvalue weighted by Crippen LogP contribution is 2.55. The summed E-state index contributed by atoms with van der Waals surface area (Å²) in [4.78, 5) is 0. The molecular weight excluding hydrogens is 315 g/mol. The average Bonchev–Trinajstić information content (AvgIpc) is 2.66. The molecule has 1 aromatic rings. The zero-order valence-electron chi connectivity index (χ0n) is 15.4. The minimum Gasteiger partial charge on any atom is -0.352 e. The van der Waals surface area contributed by atoms with Crippen molar-refractivity contribution in [2.75, 3.05) is 14.2 Å². The van der Waals surface area contributed by atoms with Gasteiger partial charge in [-0.15, -0.1) is 0 Å². The molecule has 2 fully saturated rings. The van der Waals surface area contributed by atoms with Crippen LogP contribution in [-0.4, -0.2) is 25.5 Å². The SMILES string of the molecule is COC(OC)c1ccccc1P(C1CCCCC1)C1CCCCC1. The molecule has 0 atom stereocenters. The number of rotatable bonds is 6. The quantitative estimate of drug-likeness (QED) is 0.481. The van der Waals surface area contributed by atoms with Crippen molar-refractivity contribution in [3.8, 4) is 0 Å². The first kappa shape index (κ1) is 18.4. The lowest BCUT2D eigenvalue weighted by molar-refractivity contribution is -0.105.